The van der Waals surface area contributed by atoms with Crippen molar-refractivity contribution in [3.63, 3.8) is 0 Å². The van der Waals surface area contributed by atoms with Crippen LogP contribution >= 0.6 is 0 Å². The largest absolute Gasteiger partial charge is 0.349 e. The van der Waals surface area contributed by atoms with Crippen molar-refractivity contribution < 1.29 is 9.18 Å². The standard InChI is InChI=1S/C16H19FN4O/c17-12-6-4-10(5-7-12)15-13(9-19-21-15)16(22)20-14-3-1-2-11(14)8-18/h4-7,9,11,14H,1-3,8,18H2,(H,19,21)(H,20,22). The third-order valence-electron chi connectivity index (χ3n) is 4.30. The van der Waals surface area contributed by atoms with Gasteiger partial charge in [-0.3, -0.25) is 9.89 Å². The SMILES string of the molecule is NCC1CCCC1NC(=O)c1cn[nH]c1-c1ccc(F)cc1. The van der Waals surface area contributed by atoms with Gasteiger partial charge in [-0.2, -0.15) is 5.10 Å². The number of aromatic nitrogens is 2. The normalized spacial score (nSPS) is 21.0. The Bertz CT molecular complexity index is 652. The number of aromatic amines is 1. The van der Waals surface area contributed by atoms with E-state index in [4.69, 9.17) is 5.73 Å². The lowest BCUT2D eigenvalue weighted by Gasteiger charge is -2.19. The molecule has 3 rings (SSSR count). The summed E-state index contributed by atoms with van der Waals surface area (Å²) < 4.78 is 13.0. The van der Waals surface area contributed by atoms with Crippen LogP contribution in [0.3, 0.4) is 0 Å². The fraction of sp³-hybridized carbons (Fsp3) is 0.375. The van der Waals surface area contributed by atoms with Gasteiger partial charge in [0.2, 0.25) is 0 Å². The van der Waals surface area contributed by atoms with Crippen LogP contribution in [0, 0.1) is 11.7 Å². The average molecular weight is 302 g/mol. The molecule has 1 heterocycles. The maximum atomic E-state index is 13.0. The first-order valence-corrected chi connectivity index (χ1v) is 7.49. The van der Waals surface area contributed by atoms with E-state index < -0.39 is 0 Å². The van der Waals surface area contributed by atoms with Gasteiger partial charge < -0.3 is 11.1 Å². The predicted molar refractivity (Wildman–Crippen MR) is 81.6 cm³/mol. The Hall–Kier alpha value is -2.21. The second-order valence-electron chi connectivity index (χ2n) is 5.67. The third-order valence-corrected chi connectivity index (χ3v) is 4.30. The third kappa shape index (κ3) is 2.87. The summed E-state index contributed by atoms with van der Waals surface area (Å²) in [5, 5.41) is 9.82. The number of nitrogens with two attached hydrogens (primary N) is 1. The van der Waals surface area contributed by atoms with E-state index in [9.17, 15) is 9.18 Å². The van der Waals surface area contributed by atoms with Gasteiger partial charge in [0.1, 0.15) is 5.82 Å². The first kappa shape index (κ1) is 14.7. The molecule has 2 unspecified atom stereocenters. The summed E-state index contributed by atoms with van der Waals surface area (Å²) in [6.07, 6.45) is 4.60. The molecule has 4 N–H and O–H groups in total. The summed E-state index contributed by atoms with van der Waals surface area (Å²) in [4.78, 5) is 12.5. The maximum absolute atomic E-state index is 13.0. The number of carbonyl (C=O) groups excluding carboxylic acids is 1. The Morgan fingerprint density at radius 1 is 1.36 bits per heavy atom. The number of hydrogen-bond donors (Lipinski definition) is 3. The van der Waals surface area contributed by atoms with Crippen LogP contribution in [0.15, 0.2) is 30.5 Å². The van der Waals surface area contributed by atoms with E-state index >= 15 is 0 Å². The van der Waals surface area contributed by atoms with Crippen molar-refractivity contribution in [2.75, 3.05) is 6.54 Å². The molecule has 1 fully saturated rings. The molecule has 1 aromatic heterocycles. The second-order valence-corrected chi connectivity index (χ2v) is 5.67. The van der Waals surface area contributed by atoms with Crippen LogP contribution in [-0.2, 0) is 0 Å². The van der Waals surface area contributed by atoms with Crippen molar-refractivity contribution in [1.82, 2.24) is 15.5 Å². The van der Waals surface area contributed by atoms with Gasteiger partial charge in [-0.15, -0.1) is 0 Å². The van der Waals surface area contributed by atoms with Crippen LogP contribution in [0.4, 0.5) is 4.39 Å². The molecule has 0 bridgehead atoms. The molecule has 0 spiro atoms. The number of nitrogens with one attached hydrogen (secondary N) is 2. The lowest BCUT2D eigenvalue weighted by molar-refractivity contribution is 0.0929. The number of carbonyl (C=O) groups is 1. The van der Waals surface area contributed by atoms with Gasteiger partial charge in [-0.25, -0.2) is 4.39 Å². The zero-order valence-corrected chi connectivity index (χ0v) is 12.2. The Kier molecular flexibility index (Phi) is 4.20. The van der Waals surface area contributed by atoms with Gasteiger partial charge in [0.15, 0.2) is 0 Å². The summed E-state index contributed by atoms with van der Waals surface area (Å²) in [7, 11) is 0. The zero-order valence-electron chi connectivity index (χ0n) is 12.2. The topological polar surface area (TPSA) is 83.8 Å². The molecule has 1 amide bonds. The Morgan fingerprint density at radius 2 is 2.14 bits per heavy atom. The molecule has 1 aliphatic carbocycles. The lowest BCUT2D eigenvalue weighted by Crippen LogP contribution is -2.39. The molecule has 0 saturated heterocycles. The summed E-state index contributed by atoms with van der Waals surface area (Å²) in [6.45, 7) is 0.584. The van der Waals surface area contributed by atoms with Gasteiger partial charge in [0, 0.05) is 11.6 Å². The van der Waals surface area contributed by atoms with E-state index in [2.05, 4.69) is 15.5 Å². The highest BCUT2D eigenvalue weighted by molar-refractivity contribution is 5.99. The number of benzene rings is 1. The highest BCUT2D eigenvalue weighted by Gasteiger charge is 2.28. The van der Waals surface area contributed by atoms with E-state index in [0.717, 1.165) is 24.8 Å². The van der Waals surface area contributed by atoms with Crippen molar-refractivity contribution in [3.8, 4) is 11.3 Å². The second kappa shape index (κ2) is 6.27. The van der Waals surface area contributed by atoms with Gasteiger partial charge in [-0.05, 0) is 49.6 Å². The van der Waals surface area contributed by atoms with E-state index in [1.54, 1.807) is 12.1 Å². The first-order valence-electron chi connectivity index (χ1n) is 7.49. The van der Waals surface area contributed by atoms with Gasteiger partial charge >= 0.3 is 0 Å². The smallest absolute Gasteiger partial charge is 0.255 e. The van der Waals surface area contributed by atoms with Crippen LogP contribution < -0.4 is 11.1 Å². The molecular formula is C16H19FN4O. The number of halogens is 1. The van der Waals surface area contributed by atoms with Crippen molar-refractivity contribution in [1.29, 1.82) is 0 Å². The highest BCUT2D eigenvalue weighted by Crippen LogP contribution is 2.26. The van der Waals surface area contributed by atoms with Gasteiger partial charge in [0.25, 0.3) is 5.91 Å². The predicted octanol–water partition coefficient (Wildman–Crippen LogP) is 2.07. The fourth-order valence-electron chi connectivity index (χ4n) is 3.05. The van der Waals surface area contributed by atoms with Gasteiger partial charge in [-0.1, -0.05) is 6.42 Å². The summed E-state index contributed by atoms with van der Waals surface area (Å²) in [5.74, 6) is -0.144. The van der Waals surface area contributed by atoms with E-state index in [1.807, 2.05) is 0 Å². The Labute approximate surface area is 128 Å². The van der Waals surface area contributed by atoms with Crippen LogP contribution in [0.2, 0.25) is 0 Å². The quantitative estimate of drug-likeness (QED) is 0.808. The molecule has 2 atom stereocenters. The Balaban J connectivity index is 1.79. The van der Waals surface area contributed by atoms with Crippen LogP contribution in [0.5, 0.6) is 0 Å². The molecular weight excluding hydrogens is 283 g/mol. The molecule has 1 aliphatic rings. The molecule has 116 valence electrons. The Morgan fingerprint density at radius 3 is 2.86 bits per heavy atom. The van der Waals surface area contributed by atoms with Crippen molar-refractivity contribution >= 4 is 5.91 Å². The molecule has 2 aromatic rings. The number of rotatable bonds is 4. The molecule has 5 nitrogen and oxygen atoms in total. The average Bonchev–Trinajstić information content (AvgIpc) is 3.16. The minimum absolute atomic E-state index is 0.119. The van der Waals surface area contributed by atoms with E-state index in [0.29, 0.717) is 23.7 Å². The summed E-state index contributed by atoms with van der Waals surface area (Å²) >= 11 is 0. The molecule has 6 heteroatoms. The molecule has 1 saturated carbocycles. The molecule has 22 heavy (non-hydrogen) atoms. The van der Waals surface area contributed by atoms with Crippen LogP contribution in [-0.4, -0.2) is 28.7 Å². The van der Waals surface area contributed by atoms with Crippen molar-refractivity contribution in [2.45, 2.75) is 25.3 Å². The lowest BCUT2D eigenvalue weighted by atomic mass is 10.0. The summed E-state index contributed by atoms with van der Waals surface area (Å²) in [5.41, 5.74) is 7.54. The zero-order chi connectivity index (χ0) is 15.5. The fourth-order valence-corrected chi connectivity index (χ4v) is 3.05. The van der Waals surface area contributed by atoms with E-state index in [1.165, 1.54) is 18.3 Å². The van der Waals surface area contributed by atoms with Crippen LogP contribution in [0.1, 0.15) is 29.6 Å². The maximum Gasteiger partial charge on any atom is 0.255 e. The number of hydrogen-bond acceptors (Lipinski definition) is 3. The number of H-pyrrole nitrogens is 1. The van der Waals surface area contributed by atoms with Crippen molar-refractivity contribution in [2.24, 2.45) is 11.7 Å². The number of nitrogens with zero attached hydrogens (tertiary/aromatic N) is 1. The molecule has 0 radical (unpaired) electrons. The highest BCUT2D eigenvalue weighted by atomic mass is 19.1. The van der Waals surface area contributed by atoms with E-state index in [-0.39, 0.29) is 17.8 Å². The number of amides is 1. The first-order chi connectivity index (χ1) is 10.7. The minimum atomic E-state index is -0.314. The van der Waals surface area contributed by atoms with Gasteiger partial charge in [0.05, 0.1) is 17.5 Å². The molecule has 0 aliphatic heterocycles. The van der Waals surface area contributed by atoms with Crippen LogP contribution in [0.25, 0.3) is 11.3 Å². The molecule has 1 aromatic carbocycles. The monoisotopic (exact) mass is 302 g/mol. The van der Waals surface area contributed by atoms with Crippen molar-refractivity contribution in [3.05, 3.63) is 41.8 Å². The summed E-state index contributed by atoms with van der Waals surface area (Å²) in [6, 6.07) is 6.09. The minimum Gasteiger partial charge on any atom is -0.349 e.